The molecule has 0 bridgehead atoms. The van der Waals surface area contributed by atoms with Crippen LogP contribution in [0.3, 0.4) is 0 Å². The largest absolute Gasteiger partial charge is 0.335 e. The summed E-state index contributed by atoms with van der Waals surface area (Å²) in [5.41, 5.74) is 1.77. The summed E-state index contributed by atoms with van der Waals surface area (Å²) in [4.78, 5) is 14.5. The molecule has 1 amide bonds. The highest BCUT2D eigenvalue weighted by atomic mass is 35.5. The number of hydrogen-bond donors (Lipinski definition) is 0. The number of amides is 1. The number of alkyl halides is 1. The molecule has 1 aromatic rings. The molecule has 2 rings (SSSR count). The van der Waals surface area contributed by atoms with Crippen molar-refractivity contribution in [1.82, 2.24) is 4.90 Å². The third-order valence-electron chi connectivity index (χ3n) is 3.14. The lowest BCUT2D eigenvalue weighted by atomic mass is 10.1. The monoisotopic (exact) mass is 265 g/mol. The van der Waals surface area contributed by atoms with Crippen LogP contribution in [0.4, 0.5) is 0 Å². The summed E-state index contributed by atoms with van der Waals surface area (Å²) in [5, 5.41) is 0. The first-order valence-electron chi connectivity index (χ1n) is 6.57. The van der Waals surface area contributed by atoms with Gasteiger partial charge in [0.1, 0.15) is 0 Å². The lowest BCUT2D eigenvalue weighted by Gasteiger charge is -2.24. The Morgan fingerprint density at radius 1 is 1.44 bits per heavy atom. The summed E-state index contributed by atoms with van der Waals surface area (Å²) in [6.45, 7) is 5.14. The van der Waals surface area contributed by atoms with Crippen molar-refractivity contribution in [1.29, 1.82) is 0 Å². The quantitative estimate of drug-likeness (QED) is 0.744. The Kier molecular flexibility index (Phi) is 4.28. The molecule has 0 unspecified atom stereocenters. The van der Waals surface area contributed by atoms with E-state index in [2.05, 4.69) is 13.8 Å². The maximum Gasteiger partial charge on any atom is 0.254 e. The molecule has 0 N–H and O–H groups in total. The minimum Gasteiger partial charge on any atom is -0.335 e. The summed E-state index contributed by atoms with van der Waals surface area (Å²) in [6, 6.07) is 8.11. The van der Waals surface area contributed by atoms with Crippen molar-refractivity contribution >= 4 is 17.5 Å². The predicted octanol–water partition coefficient (Wildman–Crippen LogP) is 3.69. The van der Waals surface area contributed by atoms with Crippen LogP contribution in [-0.2, 0) is 5.88 Å². The van der Waals surface area contributed by atoms with E-state index in [0.29, 0.717) is 17.8 Å². The zero-order valence-corrected chi connectivity index (χ0v) is 11.8. The molecule has 0 aromatic heterocycles. The smallest absolute Gasteiger partial charge is 0.254 e. The van der Waals surface area contributed by atoms with E-state index in [1.165, 1.54) is 0 Å². The van der Waals surface area contributed by atoms with E-state index in [1.807, 2.05) is 29.2 Å². The zero-order valence-electron chi connectivity index (χ0n) is 11.0. The summed E-state index contributed by atoms with van der Waals surface area (Å²) < 4.78 is 0. The van der Waals surface area contributed by atoms with Gasteiger partial charge in [0.2, 0.25) is 0 Å². The van der Waals surface area contributed by atoms with Gasteiger partial charge in [0.05, 0.1) is 0 Å². The van der Waals surface area contributed by atoms with Gasteiger partial charge in [-0.3, -0.25) is 4.79 Å². The molecule has 1 fully saturated rings. The third kappa shape index (κ3) is 3.26. The molecule has 1 aromatic carbocycles. The van der Waals surface area contributed by atoms with Crippen LogP contribution in [-0.4, -0.2) is 23.4 Å². The number of benzene rings is 1. The van der Waals surface area contributed by atoms with E-state index >= 15 is 0 Å². The lowest BCUT2D eigenvalue weighted by Crippen LogP contribution is -2.36. The van der Waals surface area contributed by atoms with Crippen LogP contribution in [0.25, 0.3) is 0 Å². The van der Waals surface area contributed by atoms with Gasteiger partial charge < -0.3 is 4.90 Å². The Morgan fingerprint density at radius 2 is 2.17 bits per heavy atom. The summed E-state index contributed by atoms with van der Waals surface area (Å²) in [5.74, 6) is 1.11. The van der Waals surface area contributed by atoms with Gasteiger partial charge in [-0.05, 0) is 36.5 Å². The van der Waals surface area contributed by atoms with Gasteiger partial charge in [-0.15, -0.1) is 11.6 Å². The average Bonchev–Trinajstić information content (AvgIpc) is 3.19. The summed E-state index contributed by atoms with van der Waals surface area (Å²) in [7, 11) is 0. The lowest BCUT2D eigenvalue weighted by molar-refractivity contribution is 0.0722. The van der Waals surface area contributed by atoms with Gasteiger partial charge in [0, 0.05) is 24.0 Å². The molecule has 98 valence electrons. The van der Waals surface area contributed by atoms with Crippen LogP contribution < -0.4 is 0 Å². The van der Waals surface area contributed by atoms with Crippen molar-refractivity contribution in [3.05, 3.63) is 35.4 Å². The van der Waals surface area contributed by atoms with E-state index in [9.17, 15) is 4.79 Å². The first kappa shape index (κ1) is 13.4. The van der Waals surface area contributed by atoms with Crippen molar-refractivity contribution < 1.29 is 4.79 Å². The molecule has 1 saturated carbocycles. The summed E-state index contributed by atoms with van der Waals surface area (Å²) in [6.07, 6.45) is 2.29. The Hall–Kier alpha value is -1.02. The van der Waals surface area contributed by atoms with Gasteiger partial charge >= 0.3 is 0 Å². The molecular weight excluding hydrogens is 246 g/mol. The van der Waals surface area contributed by atoms with Gasteiger partial charge in [-0.25, -0.2) is 0 Å². The van der Waals surface area contributed by atoms with Crippen molar-refractivity contribution in [2.45, 2.75) is 38.6 Å². The van der Waals surface area contributed by atoms with E-state index < -0.39 is 0 Å². The van der Waals surface area contributed by atoms with E-state index in [0.717, 1.165) is 30.5 Å². The molecule has 0 saturated heterocycles. The Bertz CT molecular complexity index is 426. The third-order valence-corrected chi connectivity index (χ3v) is 3.45. The van der Waals surface area contributed by atoms with Crippen LogP contribution in [0.1, 0.15) is 42.6 Å². The fourth-order valence-electron chi connectivity index (χ4n) is 2.13. The maximum atomic E-state index is 12.5. The van der Waals surface area contributed by atoms with Crippen LogP contribution in [0.5, 0.6) is 0 Å². The second-order valence-electron chi connectivity index (χ2n) is 5.42. The van der Waals surface area contributed by atoms with Crippen LogP contribution in [0, 0.1) is 5.92 Å². The number of hydrogen-bond acceptors (Lipinski definition) is 1. The number of carbonyl (C=O) groups excluding carboxylic acids is 1. The number of carbonyl (C=O) groups is 1. The Labute approximate surface area is 114 Å². The minimum absolute atomic E-state index is 0.151. The van der Waals surface area contributed by atoms with Gasteiger partial charge in [-0.1, -0.05) is 26.0 Å². The summed E-state index contributed by atoms with van der Waals surface area (Å²) >= 11 is 5.82. The fraction of sp³-hybridized carbons (Fsp3) is 0.533. The molecular formula is C15H20ClNO. The topological polar surface area (TPSA) is 20.3 Å². The molecule has 2 nitrogen and oxygen atoms in total. The average molecular weight is 266 g/mol. The zero-order chi connectivity index (χ0) is 13.1. The predicted molar refractivity (Wildman–Crippen MR) is 74.9 cm³/mol. The van der Waals surface area contributed by atoms with Crippen LogP contribution in [0.2, 0.25) is 0 Å². The molecule has 0 radical (unpaired) electrons. The number of rotatable bonds is 5. The fourth-order valence-corrected chi connectivity index (χ4v) is 2.30. The highest BCUT2D eigenvalue weighted by Crippen LogP contribution is 2.29. The molecule has 1 aliphatic carbocycles. The van der Waals surface area contributed by atoms with Crippen molar-refractivity contribution in [2.75, 3.05) is 6.54 Å². The number of nitrogens with zero attached hydrogens (tertiary/aromatic N) is 1. The maximum absolute atomic E-state index is 12.5. The SMILES string of the molecule is CC(C)CN(C(=O)c1cccc(CCl)c1)C1CC1. The second-order valence-corrected chi connectivity index (χ2v) is 5.68. The van der Waals surface area contributed by atoms with Crippen molar-refractivity contribution in [3.63, 3.8) is 0 Å². The minimum atomic E-state index is 0.151. The first-order chi connectivity index (χ1) is 8.61. The first-order valence-corrected chi connectivity index (χ1v) is 7.11. The highest BCUT2D eigenvalue weighted by Gasteiger charge is 2.33. The molecule has 18 heavy (non-hydrogen) atoms. The molecule has 0 heterocycles. The Balaban J connectivity index is 2.16. The second kappa shape index (κ2) is 5.75. The molecule has 0 aliphatic heterocycles. The number of halogens is 1. The highest BCUT2D eigenvalue weighted by molar-refractivity contribution is 6.17. The molecule has 0 spiro atoms. The normalized spacial score (nSPS) is 14.9. The molecule has 0 atom stereocenters. The standard InChI is InChI=1S/C15H20ClNO/c1-11(2)10-17(14-6-7-14)15(18)13-5-3-4-12(8-13)9-16/h3-5,8,11,14H,6-7,9-10H2,1-2H3. The van der Waals surface area contributed by atoms with Crippen molar-refractivity contribution in [2.24, 2.45) is 5.92 Å². The molecule has 3 heteroatoms. The Morgan fingerprint density at radius 3 is 2.72 bits per heavy atom. The van der Waals surface area contributed by atoms with Gasteiger partial charge in [-0.2, -0.15) is 0 Å². The van der Waals surface area contributed by atoms with Crippen molar-refractivity contribution in [3.8, 4) is 0 Å². The van der Waals surface area contributed by atoms with E-state index in [4.69, 9.17) is 11.6 Å². The van der Waals surface area contributed by atoms with Gasteiger partial charge in [0.25, 0.3) is 5.91 Å². The molecule has 1 aliphatic rings. The van der Waals surface area contributed by atoms with E-state index in [1.54, 1.807) is 0 Å². The van der Waals surface area contributed by atoms with E-state index in [-0.39, 0.29) is 5.91 Å². The van der Waals surface area contributed by atoms with Gasteiger partial charge in [0.15, 0.2) is 0 Å². The van der Waals surface area contributed by atoms with Crippen LogP contribution in [0.15, 0.2) is 24.3 Å². The van der Waals surface area contributed by atoms with Crippen LogP contribution >= 0.6 is 11.6 Å².